The smallest absolute Gasteiger partial charge is 0.236 e. The molecule has 0 aromatic carbocycles. The highest BCUT2D eigenvalue weighted by atomic mass is 32.1. The summed E-state index contributed by atoms with van der Waals surface area (Å²) < 4.78 is 0. The van der Waals surface area contributed by atoms with Crippen molar-refractivity contribution in [2.24, 2.45) is 0 Å². The molecule has 1 amide bonds. The number of hydrogen-bond acceptors (Lipinski definition) is 4. The first-order valence-electron chi connectivity index (χ1n) is 6.78. The minimum atomic E-state index is -0.733. The molecular weight excluding hydrogens is 260 g/mol. The van der Waals surface area contributed by atoms with Crippen molar-refractivity contribution in [1.29, 1.82) is 0 Å². The van der Waals surface area contributed by atoms with E-state index in [2.05, 4.69) is 16.8 Å². The highest BCUT2D eigenvalue weighted by Gasteiger charge is 2.22. The number of carbonyl (C=O) groups excluding carboxylic acids is 1. The van der Waals surface area contributed by atoms with E-state index in [0.29, 0.717) is 19.5 Å². The zero-order valence-corrected chi connectivity index (χ0v) is 12.4. The van der Waals surface area contributed by atoms with Crippen molar-refractivity contribution in [1.82, 2.24) is 10.2 Å². The van der Waals surface area contributed by atoms with Gasteiger partial charge in [0.1, 0.15) is 0 Å². The summed E-state index contributed by atoms with van der Waals surface area (Å²) in [6.07, 6.45) is 1.64. The van der Waals surface area contributed by atoms with Crippen LogP contribution in [0.1, 0.15) is 30.7 Å². The van der Waals surface area contributed by atoms with Gasteiger partial charge in [0.25, 0.3) is 0 Å². The summed E-state index contributed by atoms with van der Waals surface area (Å²) in [4.78, 5) is 15.4. The van der Waals surface area contributed by atoms with Gasteiger partial charge < -0.3 is 15.3 Å². The molecule has 1 aromatic rings. The van der Waals surface area contributed by atoms with Crippen molar-refractivity contribution in [3.63, 3.8) is 0 Å². The van der Waals surface area contributed by atoms with Crippen LogP contribution in [0.4, 0.5) is 0 Å². The zero-order valence-electron chi connectivity index (χ0n) is 11.6. The fourth-order valence-corrected chi connectivity index (χ4v) is 3.03. The van der Waals surface area contributed by atoms with Gasteiger partial charge >= 0.3 is 0 Å². The molecule has 0 saturated heterocycles. The Bertz CT molecular complexity index is 442. The maximum Gasteiger partial charge on any atom is 0.236 e. The van der Waals surface area contributed by atoms with Crippen molar-refractivity contribution < 1.29 is 9.90 Å². The number of carbonyl (C=O) groups is 1. The molecule has 2 heterocycles. The molecule has 0 fully saturated rings. The number of fused-ring (bicyclic) bond motifs is 1. The lowest BCUT2D eigenvalue weighted by molar-refractivity contribution is -0.131. The molecule has 106 valence electrons. The molecule has 1 aromatic heterocycles. The van der Waals surface area contributed by atoms with Crippen LogP contribution < -0.4 is 5.32 Å². The third-order valence-electron chi connectivity index (χ3n) is 3.70. The van der Waals surface area contributed by atoms with E-state index in [1.54, 1.807) is 18.3 Å². The van der Waals surface area contributed by atoms with Crippen LogP contribution in [0.25, 0.3) is 0 Å². The molecule has 1 atom stereocenters. The predicted octanol–water partition coefficient (Wildman–Crippen LogP) is 1.38. The highest BCUT2D eigenvalue weighted by molar-refractivity contribution is 7.10. The van der Waals surface area contributed by atoms with E-state index >= 15 is 0 Å². The molecule has 0 saturated carbocycles. The maximum absolute atomic E-state index is 12.1. The molecule has 0 spiro atoms. The van der Waals surface area contributed by atoms with Gasteiger partial charge in [0.15, 0.2) is 0 Å². The summed E-state index contributed by atoms with van der Waals surface area (Å²) in [6, 6.07) is 2.11. The SMILES string of the molecule is CCC(C)(O)CNCC(=O)N1CCc2sccc2C1. The van der Waals surface area contributed by atoms with Crippen LogP contribution in [0.3, 0.4) is 0 Å². The molecule has 1 aliphatic rings. The number of thiophene rings is 1. The molecule has 0 aliphatic carbocycles. The molecule has 2 rings (SSSR count). The van der Waals surface area contributed by atoms with Crippen LogP contribution in [0.5, 0.6) is 0 Å². The average molecular weight is 282 g/mol. The van der Waals surface area contributed by atoms with E-state index in [0.717, 1.165) is 19.5 Å². The van der Waals surface area contributed by atoms with Crippen LogP contribution in [0, 0.1) is 0 Å². The Morgan fingerprint density at radius 2 is 2.42 bits per heavy atom. The Labute approximate surface area is 118 Å². The summed E-state index contributed by atoms with van der Waals surface area (Å²) in [5.74, 6) is 0.115. The summed E-state index contributed by atoms with van der Waals surface area (Å²) in [5.41, 5.74) is 0.549. The van der Waals surface area contributed by atoms with E-state index in [4.69, 9.17) is 0 Å². The number of hydrogen-bond donors (Lipinski definition) is 2. The van der Waals surface area contributed by atoms with Crippen molar-refractivity contribution in [2.75, 3.05) is 19.6 Å². The van der Waals surface area contributed by atoms with Gasteiger partial charge in [-0.15, -0.1) is 11.3 Å². The quantitative estimate of drug-likeness (QED) is 0.858. The van der Waals surface area contributed by atoms with E-state index in [-0.39, 0.29) is 5.91 Å². The second kappa shape index (κ2) is 6.03. The molecule has 1 unspecified atom stereocenters. The number of nitrogens with zero attached hydrogens (tertiary/aromatic N) is 1. The average Bonchev–Trinajstić information content (AvgIpc) is 2.85. The zero-order chi connectivity index (χ0) is 13.9. The molecule has 5 heteroatoms. The molecule has 4 nitrogen and oxygen atoms in total. The maximum atomic E-state index is 12.1. The lowest BCUT2D eigenvalue weighted by atomic mass is 10.0. The molecule has 0 radical (unpaired) electrons. The van der Waals surface area contributed by atoms with Crippen molar-refractivity contribution in [3.8, 4) is 0 Å². The van der Waals surface area contributed by atoms with E-state index in [1.165, 1.54) is 10.4 Å². The summed E-state index contributed by atoms with van der Waals surface area (Å²) in [5, 5.41) is 15.0. The number of rotatable bonds is 5. The predicted molar refractivity (Wildman–Crippen MR) is 77.2 cm³/mol. The summed E-state index contributed by atoms with van der Waals surface area (Å²) in [7, 11) is 0. The van der Waals surface area contributed by atoms with Crippen molar-refractivity contribution >= 4 is 17.2 Å². The first-order chi connectivity index (χ1) is 9.02. The van der Waals surface area contributed by atoms with Gasteiger partial charge in [-0.2, -0.15) is 0 Å². The fraction of sp³-hybridized carbons (Fsp3) is 0.643. The van der Waals surface area contributed by atoms with Crippen LogP contribution in [-0.4, -0.2) is 41.1 Å². The molecule has 2 N–H and O–H groups in total. The first kappa shape index (κ1) is 14.5. The van der Waals surface area contributed by atoms with Gasteiger partial charge in [-0.25, -0.2) is 0 Å². The minimum Gasteiger partial charge on any atom is -0.389 e. The third kappa shape index (κ3) is 3.78. The summed E-state index contributed by atoms with van der Waals surface area (Å²) >= 11 is 1.78. The van der Waals surface area contributed by atoms with Crippen molar-refractivity contribution in [2.45, 2.75) is 38.8 Å². The Kier molecular flexibility index (Phi) is 4.60. The monoisotopic (exact) mass is 282 g/mol. The van der Waals surface area contributed by atoms with Crippen LogP contribution in [-0.2, 0) is 17.8 Å². The van der Waals surface area contributed by atoms with E-state index in [1.807, 2.05) is 11.8 Å². The van der Waals surface area contributed by atoms with E-state index in [9.17, 15) is 9.90 Å². The van der Waals surface area contributed by atoms with Crippen LogP contribution in [0.15, 0.2) is 11.4 Å². The standard InChI is InChI=1S/C14H22N2O2S/c1-3-14(2,18)10-15-8-13(17)16-6-4-12-11(9-16)5-7-19-12/h5,7,15,18H,3-4,6,8-10H2,1-2H3. The number of amides is 1. The highest BCUT2D eigenvalue weighted by Crippen LogP contribution is 2.23. The van der Waals surface area contributed by atoms with Crippen molar-refractivity contribution in [3.05, 3.63) is 21.9 Å². The molecular formula is C14H22N2O2S. The molecule has 0 bridgehead atoms. The van der Waals surface area contributed by atoms with Crippen LogP contribution >= 0.6 is 11.3 Å². The van der Waals surface area contributed by atoms with Gasteiger partial charge in [-0.1, -0.05) is 6.92 Å². The second-order valence-corrected chi connectivity index (χ2v) is 6.39. The van der Waals surface area contributed by atoms with E-state index < -0.39 is 5.60 Å². The Morgan fingerprint density at radius 1 is 1.63 bits per heavy atom. The topological polar surface area (TPSA) is 52.6 Å². The lowest BCUT2D eigenvalue weighted by Gasteiger charge is -2.28. The number of nitrogens with one attached hydrogen (secondary N) is 1. The number of aliphatic hydroxyl groups is 1. The molecule has 19 heavy (non-hydrogen) atoms. The second-order valence-electron chi connectivity index (χ2n) is 5.39. The Hall–Kier alpha value is -0.910. The minimum absolute atomic E-state index is 0.115. The van der Waals surface area contributed by atoms with Gasteiger partial charge in [-0.3, -0.25) is 4.79 Å². The summed E-state index contributed by atoms with van der Waals surface area (Å²) in [6.45, 7) is 6.00. The Balaban J connectivity index is 1.79. The third-order valence-corrected chi connectivity index (χ3v) is 4.73. The molecule has 1 aliphatic heterocycles. The first-order valence-corrected chi connectivity index (χ1v) is 7.66. The normalized spacial score (nSPS) is 17.9. The van der Waals surface area contributed by atoms with Gasteiger partial charge in [0.2, 0.25) is 5.91 Å². The Morgan fingerprint density at radius 3 is 3.16 bits per heavy atom. The fourth-order valence-electron chi connectivity index (χ4n) is 2.14. The van der Waals surface area contributed by atoms with Crippen LogP contribution in [0.2, 0.25) is 0 Å². The largest absolute Gasteiger partial charge is 0.389 e. The van der Waals surface area contributed by atoms with Gasteiger partial charge in [0.05, 0.1) is 12.1 Å². The lowest BCUT2D eigenvalue weighted by Crippen LogP contribution is -2.44. The van der Waals surface area contributed by atoms with Gasteiger partial charge in [0, 0.05) is 24.5 Å². The van der Waals surface area contributed by atoms with Gasteiger partial charge in [-0.05, 0) is 36.8 Å².